The van der Waals surface area contributed by atoms with Crippen LogP contribution in [0.3, 0.4) is 0 Å². The summed E-state index contributed by atoms with van der Waals surface area (Å²) in [6.07, 6.45) is 0.643. The van der Waals surface area contributed by atoms with Crippen molar-refractivity contribution in [3.8, 4) is 0 Å². The summed E-state index contributed by atoms with van der Waals surface area (Å²) >= 11 is 1.77. The van der Waals surface area contributed by atoms with Crippen LogP contribution in [0.15, 0.2) is 114 Å². The molecule has 4 atom stereocenters. The maximum Gasteiger partial charge on any atom is 0.275 e. The molecule has 1 amide bonds. The fourth-order valence-corrected chi connectivity index (χ4v) is 6.08. The molecule has 1 aliphatic heterocycles. The highest BCUT2D eigenvalue weighted by molar-refractivity contribution is 7.99. The first-order valence-corrected chi connectivity index (χ1v) is 14.9. The van der Waals surface area contributed by atoms with Crippen LogP contribution in [0.25, 0.3) is 11.0 Å². The maximum absolute atomic E-state index is 12.9. The van der Waals surface area contributed by atoms with Gasteiger partial charge in [-0.1, -0.05) is 73.7 Å². The third kappa shape index (κ3) is 6.37. The van der Waals surface area contributed by atoms with Crippen molar-refractivity contribution in [1.82, 2.24) is 9.97 Å². The van der Waals surface area contributed by atoms with E-state index in [1.54, 1.807) is 11.8 Å². The van der Waals surface area contributed by atoms with E-state index < -0.39 is 6.29 Å². The van der Waals surface area contributed by atoms with E-state index in [4.69, 9.17) is 9.47 Å². The molecule has 0 unspecified atom stereocenters. The second-order valence-corrected chi connectivity index (χ2v) is 11.4. The molecule has 5 aromatic rings. The summed E-state index contributed by atoms with van der Waals surface area (Å²) in [4.78, 5) is 22.8. The van der Waals surface area contributed by atoms with Crippen LogP contribution in [0.5, 0.6) is 0 Å². The highest BCUT2D eigenvalue weighted by Gasteiger charge is 2.38. The maximum atomic E-state index is 12.9. The van der Waals surface area contributed by atoms with Gasteiger partial charge in [0.2, 0.25) is 0 Å². The first-order chi connectivity index (χ1) is 20.6. The smallest absolute Gasteiger partial charge is 0.275 e. The number of nitrogens with one attached hydrogen (secondary N) is 1. The Morgan fingerprint density at radius 3 is 2.29 bits per heavy atom. The van der Waals surface area contributed by atoms with Crippen molar-refractivity contribution in [2.75, 3.05) is 11.1 Å². The quantitative estimate of drug-likeness (QED) is 0.193. The molecule has 1 fully saturated rings. The molecule has 0 radical (unpaired) electrons. The molecule has 0 spiro atoms. The van der Waals surface area contributed by atoms with Gasteiger partial charge < -0.3 is 19.9 Å². The molecule has 0 aliphatic carbocycles. The molecular weight excluding hydrogens is 546 g/mol. The van der Waals surface area contributed by atoms with Crippen LogP contribution < -0.4 is 5.32 Å². The molecule has 2 heterocycles. The van der Waals surface area contributed by atoms with Gasteiger partial charge in [-0.05, 0) is 47.5 Å². The fraction of sp³-hybridized carbons (Fsp3) is 0.206. The number of nitrogens with zero attached hydrogens (tertiary/aromatic N) is 2. The minimum atomic E-state index is -0.582. The van der Waals surface area contributed by atoms with Gasteiger partial charge in [0.05, 0.1) is 36.0 Å². The molecule has 0 saturated carbocycles. The number of anilines is 1. The van der Waals surface area contributed by atoms with Crippen molar-refractivity contribution in [3.63, 3.8) is 0 Å². The molecular formula is C34H31N3O4S. The molecule has 42 heavy (non-hydrogen) atoms. The highest BCUT2D eigenvalue weighted by atomic mass is 32.2. The zero-order chi connectivity index (χ0) is 28.9. The molecule has 1 aromatic heterocycles. The lowest BCUT2D eigenvalue weighted by molar-refractivity contribution is -0.268. The highest BCUT2D eigenvalue weighted by Crippen LogP contribution is 2.43. The van der Waals surface area contributed by atoms with Gasteiger partial charge in [-0.3, -0.25) is 9.78 Å². The summed E-state index contributed by atoms with van der Waals surface area (Å²) in [6.45, 7) is 2.16. The number of ether oxygens (including phenoxy) is 2. The summed E-state index contributed by atoms with van der Waals surface area (Å²) in [5, 5.41) is 12.4. The number of aliphatic hydroxyl groups is 1. The molecule has 7 nitrogen and oxygen atoms in total. The molecule has 1 aliphatic rings. The zero-order valence-corrected chi connectivity index (χ0v) is 23.9. The van der Waals surface area contributed by atoms with Crippen molar-refractivity contribution in [3.05, 3.63) is 132 Å². The summed E-state index contributed by atoms with van der Waals surface area (Å²) in [5.74, 6) is 0.542. The lowest BCUT2D eigenvalue weighted by atomic mass is 9.91. The second kappa shape index (κ2) is 12.8. The molecule has 2 N–H and O–H groups in total. The molecule has 0 bridgehead atoms. The van der Waals surface area contributed by atoms with Crippen LogP contribution in [0, 0.1) is 5.92 Å². The number of aliphatic hydroxyl groups excluding tert-OH is 1. The van der Waals surface area contributed by atoms with Crippen LogP contribution in [0.4, 0.5) is 5.69 Å². The van der Waals surface area contributed by atoms with Crippen molar-refractivity contribution < 1.29 is 19.4 Å². The number of fused-ring (bicyclic) bond motifs is 1. The summed E-state index contributed by atoms with van der Waals surface area (Å²) in [5.41, 5.74) is 5.05. The lowest BCUT2D eigenvalue weighted by Gasteiger charge is -2.41. The number of carbonyl (C=O) groups is 1. The van der Waals surface area contributed by atoms with Gasteiger partial charge in [0, 0.05) is 27.8 Å². The van der Waals surface area contributed by atoms with E-state index in [9.17, 15) is 9.90 Å². The van der Waals surface area contributed by atoms with E-state index >= 15 is 0 Å². The van der Waals surface area contributed by atoms with Gasteiger partial charge in [0.25, 0.3) is 5.91 Å². The molecule has 4 aromatic carbocycles. The number of carbonyl (C=O) groups excluding carboxylic acids is 1. The Morgan fingerprint density at radius 2 is 1.55 bits per heavy atom. The standard InChI is InChI=1S/C34H31N3O4S/c1-22-31(21-42-27-7-3-2-4-8-27)40-34(41-32(22)24-13-11-23(20-38)12-14-24)25-15-17-26(18-16-25)36-33(39)30-19-35-28-9-5-6-10-29(28)37-30/h2-19,22,31-32,34,38H,20-21H2,1H3,(H,36,39)/t22-,31+,32+,34+/m0/s1. The van der Waals surface area contributed by atoms with Gasteiger partial charge in [-0.25, -0.2) is 4.98 Å². The van der Waals surface area contributed by atoms with Crippen LogP contribution >= 0.6 is 11.8 Å². The van der Waals surface area contributed by atoms with Crippen molar-refractivity contribution in [2.45, 2.75) is 36.9 Å². The average Bonchev–Trinajstić information content (AvgIpc) is 3.05. The van der Waals surface area contributed by atoms with Crippen molar-refractivity contribution in [2.24, 2.45) is 5.92 Å². The number of thioether (sulfide) groups is 1. The topological polar surface area (TPSA) is 93.6 Å². The summed E-state index contributed by atoms with van der Waals surface area (Å²) < 4.78 is 13.1. The number of aromatic nitrogens is 2. The van der Waals surface area contributed by atoms with Gasteiger partial charge in [0.15, 0.2) is 6.29 Å². The average molecular weight is 578 g/mol. The van der Waals surface area contributed by atoms with E-state index in [1.165, 1.54) is 11.1 Å². The number of benzene rings is 4. The molecule has 6 rings (SSSR count). The van der Waals surface area contributed by atoms with E-state index in [-0.39, 0.29) is 36.3 Å². The fourth-order valence-electron chi connectivity index (χ4n) is 4.99. The first kappa shape index (κ1) is 28.1. The van der Waals surface area contributed by atoms with E-state index in [1.807, 2.05) is 91.0 Å². The van der Waals surface area contributed by atoms with Gasteiger partial charge in [0.1, 0.15) is 5.69 Å². The molecule has 1 saturated heterocycles. The van der Waals surface area contributed by atoms with Gasteiger partial charge >= 0.3 is 0 Å². The number of amides is 1. The SMILES string of the molecule is C[C@H]1[C@@H](CSc2ccccc2)O[C@@H](c2ccc(NC(=O)c3cnc4ccccc4n3)cc2)O[C@H]1c1ccc(CO)cc1. The van der Waals surface area contributed by atoms with Crippen molar-refractivity contribution >= 4 is 34.4 Å². The second-order valence-electron chi connectivity index (χ2n) is 10.3. The number of rotatable bonds is 8. The third-order valence-electron chi connectivity index (χ3n) is 7.40. The van der Waals surface area contributed by atoms with Gasteiger partial charge in [-0.2, -0.15) is 0 Å². The Balaban J connectivity index is 1.19. The van der Waals surface area contributed by atoms with Crippen LogP contribution in [-0.4, -0.2) is 32.8 Å². The zero-order valence-electron chi connectivity index (χ0n) is 23.1. The monoisotopic (exact) mass is 577 g/mol. The van der Waals surface area contributed by atoms with Crippen LogP contribution in [0.2, 0.25) is 0 Å². The van der Waals surface area contributed by atoms with Gasteiger partial charge in [-0.15, -0.1) is 11.8 Å². The first-order valence-electron chi connectivity index (χ1n) is 13.9. The Bertz CT molecular complexity index is 1650. The lowest BCUT2D eigenvalue weighted by Crippen LogP contribution is -2.38. The summed E-state index contributed by atoms with van der Waals surface area (Å²) in [7, 11) is 0. The van der Waals surface area contributed by atoms with Crippen LogP contribution in [0.1, 0.15) is 46.5 Å². The van der Waals surface area contributed by atoms with Crippen LogP contribution in [-0.2, 0) is 16.1 Å². The Hall–Kier alpha value is -4.08. The third-order valence-corrected chi connectivity index (χ3v) is 8.50. The Morgan fingerprint density at radius 1 is 0.857 bits per heavy atom. The minimum absolute atomic E-state index is 0.000238. The largest absolute Gasteiger partial charge is 0.392 e. The predicted octanol–water partition coefficient (Wildman–Crippen LogP) is 6.96. The predicted molar refractivity (Wildman–Crippen MR) is 164 cm³/mol. The molecule has 212 valence electrons. The van der Waals surface area contributed by atoms with E-state index in [2.05, 4.69) is 34.3 Å². The minimum Gasteiger partial charge on any atom is -0.392 e. The molecule has 8 heteroatoms. The normalized spacial score (nSPS) is 20.3. The Labute approximate surface area is 248 Å². The summed E-state index contributed by atoms with van der Waals surface area (Å²) in [6, 6.07) is 33.2. The number of hydrogen-bond donors (Lipinski definition) is 2. The number of para-hydroxylation sites is 2. The Kier molecular flexibility index (Phi) is 8.58. The van der Waals surface area contributed by atoms with E-state index in [0.717, 1.165) is 28.0 Å². The number of hydrogen-bond acceptors (Lipinski definition) is 7. The van der Waals surface area contributed by atoms with E-state index in [0.29, 0.717) is 11.2 Å². The van der Waals surface area contributed by atoms with Crippen molar-refractivity contribution in [1.29, 1.82) is 0 Å².